The second kappa shape index (κ2) is 4.64. The van der Waals surface area contributed by atoms with Gasteiger partial charge in [0, 0.05) is 18.1 Å². The molecule has 1 aromatic carbocycles. The van der Waals surface area contributed by atoms with Crippen molar-refractivity contribution in [2.45, 2.75) is 55.8 Å². The number of benzene rings is 1. The van der Waals surface area contributed by atoms with Crippen molar-refractivity contribution >= 4 is 0 Å². The van der Waals surface area contributed by atoms with Gasteiger partial charge < -0.3 is 19.3 Å². The van der Waals surface area contributed by atoms with Gasteiger partial charge in [0.1, 0.15) is 12.2 Å². The summed E-state index contributed by atoms with van der Waals surface area (Å²) in [4.78, 5) is 0. The number of hydrogen-bond donors (Lipinski definition) is 1. The average molecular weight is 316 g/mol. The maximum Gasteiger partial charge on any atom is 0.165 e. The molecule has 1 spiro atoms. The number of aliphatic hydroxyl groups excluding tert-OH is 1. The molecule has 0 aromatic heterocycles. The smallest absolute Gasteiger partial charge is 0.165 e. The van der Waals surface area contributed by atoms with E-state index in [2.05, 4.69) is 6.07 Å². The second-order valence-electron chi connectivity index (χ2n) is 7.67. The molecule has 3 aliphatic carbocycles. The highest BCUT2D eigenvalue weighted by molar-refractivity contribution is 5.60. The Bertz CT molecular complexity index is 657. The average Bonchev–Trinajstić information content (AvgIpc) is 2.90. The van der Waals surface area contributed by atoms with Gasteiger partial charge in [-0.1, -0.05) is 12.5 Å². The molecule has 4 nitrogen and oxygen atoms in total. The first-order chi connectivity index (χ1) is 11.2. The highest BCUT2D eigenvalue weighted by atomic mass is 16.5. The third-order valence-electron chi connectivity index (χ3n) is 7.00. The molecule has 1 unspecified atom stereocenters. The third kappa shape index (κ3) is 1.54. The SMILES string of the molecule is COc1ccc2c3c1O[C@H]1[C@@H](O)[C@H](OC)CC4[C@H](CCC[C@@]341)C2. The standard InChI is InChI=1S/C19H24O4/c1-21-13-6-5-11-8-10-4-3-7-19-12(10)9-14(22-2)16(20)18(19)23-17(13)15(11)19/h5-6,10,12,14,16,18,20H,3-4,7-9H2,1-2H3/t10-,12?,14-,16+,18+,19+/m1/s1. The summed E-state index contributed by atoms with van der Waals surface area (Å²) in [6.45, 7) is 0. The predicted octanol–water partition coefficient (Wildman–Crippen LogP) is 2.45. The minimum Gasteiger partial charge on any atom is -0.493 e. The molecule has 23 heavy (non-hydrogen) atoms. The molecule has 1 heterocycles. The van der Waals surface area contributed by atoms with Gasteiger partial charge in [0.2, 0.25) is 0 Å². The minimum absolute atomic E-state index is 0.0329. The van der Waals surface area contributed by atoms with E-state index in [1.807, 2.05) is 6.07 Å². The fourth-order valence-corrected chi connectivity index (χ4v) is 6.19. The van der Waals surface area contributed by atoms with Gasteiger partial charge in [-0.3, -0.25) is 0 Å². The van der Waals surface area contributed by atoms with Crippen LogP contribution in [-0.4, -0.2) is 37.6 Å². The van der Waals surface area contributed by atoms with Crippen LogP contribution in [0.3, 0.4) is 0 Å². The molecule has 6 atom stereocenters. The molecule has 4 aliphatic rings. The summed E-state index contributed by atoms with van der Waals surface area (Å²) >= 11 is 0. The van der Waals surface area contributed by atoms with E-state index in [9.17, 15) is 5.11 Å². The van der Waals surface area contributed by atoms with Crippen LogP contribution >= 0.6 is 0 Å². The van der Waals surface area contributed by atoms with Gasteiger partial charge in [0.15, 0.2) is 11.5 Å². The Morgan fingerprint density at radius 3 is 2.96 bits per heavy atom. The van der Waals surface area contributed by atoms with Crippen molar-refractivity contribution in [3.8, 4) is 11.5 Å². The lowest BCUT2D eigenvalue weighted by Crippen LogP contribution is -2.64. The first-order valence-corrected chi connectivity index (χ1v) is 8.78. The van der Waals surface area contributed by atoms with Crippen LogP contribution in [0.1, 0.15) is 36.8 Å². The monoisotopic (exact) mass is 316 g/mol. The van der Waals surface area contributed by atoms with Crippen LogP contribution in [-0.2, 0) is 16.6 Å². The van der Waals surface area contributed by atoms with Gasteiger partial charge in [-0.15, -0.1) is 0 Å². The van der Waals surface area contributed by atoms with E-state index in [1.165, 1.54) is 24.0 Å². The molecule has 124 valence electrons. The maximum absolute atomic E-state index is 10.9. The number of aliphatic hydroxyl groups is 1. The molecule has 2 fully saturated rings. The number of hydrogen-bond acceptors (Lipinski definition) is 4. The van der Waals surface area contributed by atoms with E-state index in [4.69, 9.17) is 14.2 Å². The van der Waals surface area contributed by atoms with E-state index in [-0.39, 0.29) is 17.6 Å². The summed E-state index contributed by atoms with van der Waals surface area (Å²) < 4.78 is 17.6. The number of rotatable bonds is 2. The quantitative estimate of drug-likeness (QED) is 0.910. The first-order valence-electron chi connectivity index (χ1n) is 8.78. The molecule has 2 saturated carbocycles. The molecule has 5 rings (SSSR count). The molecule has 1 aromatic rings. The Kier molecular flexibility index (Phi) is 2.85. The van der Waals surface area contributed by atoms with Gasteiger partial charge >= 0.3 is 0 Å². The number of methoxy groups -OCH3 is 2. The Morgan fingerprint density at radius 1 is 1.30 bits per heavy atom. The minimum atomic E-state index is -0.571. The zero-order valence-corrected chi connectivity index (χ0v) is 13.7. The highest BCUT2D eigenvalue weighted by Gasteiger charge is 2.66. The molecular weight excluding hydrogens is 292 g/mol. The largest absolute Gasteiger partial charge is 0.493 e. The van der Waals surface area contributed by atoms with Gasteiger partial charge in [0.25, 0.3) is 0 Å². The van der Waals surface area contributed by atoms with Crippen LogP contribution < -0.4 is 9.47 Å². The van der Waals surface area contributed by atoms with E-state index in [1.54, 1.807) is 14.2 Å². The van der Waals surface area contributed by atoms with Crippen molar-refractivity contribution in [3.63, 3.8) is 0 Å². The van der Waals surface area contributed by atoms with Gasteiger partial charge in [-0.25, -0.2) is 0 Å². The number of ether oxygens (including phenoxy) is 3. The Labute approximate surface area is 136 Å². The first kappa shape index (κ1) is 14.1. The van der Waals surface area contributed by atoms with Crippen LogP contribution in [0.5, 0.6) is 11.5 Å². The third-order valence-corrected chi connectivity index (χ3v) is 7.00. The second-order valence-corrected chi connectivity index (χ2v) is 7.67. The molecule has 0 amide bonds. The zero-order valence-electron chi connectivity index (χ0n) is 13.7. The van der Waals surface area contributed by atoms with Crippen LogP contribution in [0.2, 0.25) is 0 Å². The van der Waals surface area contributed by atoms with Crippen molar-refractivity contribution in [3.05, 3.63) is 23.3 Å². The summed E-state index contributed by atoms with van der Waals surface area (Å²) in [5.41, 5.74) is 2.72. The lowest BCUT2D eigenvalue weighted by molar-refractivity contribution is -0.153. The molecule has 2 bridgehead atoms. The van der Waals surface area contributed by atoms with Gasteiger partial charge in [0.05, 0.1) is 13.2 Å². The summed E-state index contributed by atoms with van der Waals surface area (Å²) in [6, 6.07) is 4.24. The Morgan fingerprint density at radius 2 is 2.17 bits per heavy atom. The topological polar surface area (TPSA) is 47.9 Å². The zero-order chi connectivity index (χ0) is 15.8. The Balaban J connectivity index is 1.76. The summed E-state index contributed by atoms with van der Waals surface area (Å²) in [5.74, 6) is 2.93. The van der Waals surface area contributed by atoms with Crippen molar-refractivity contribution in [2.75, 3.05) is 14.2 Å². The van der Waals surface area contributed by atoms with Crippen LogP contribution in [0.25, 0.3) is 0 Å². The fourth-order valence-electron chi connectivity index (χ4n) is 6.19. The van der Waals surface area contributed by atoms with Gasteiger partial charge in [-0.2, -0.15) is 0 Å². The predicted molar refractivity (Wildman–Crippen MR) is 85.0 cm³/mol. The fraction of sp³-hybridized carbons (Fsp3) is 0.684. The molecular formula is C19H24O4. The van der Waals surface area contributed by atoms with Gasteiger partial charge in [-0.05, 0) is 49.1 Å². The van der Waals surface area contributed by atoms with Crippen LogP contribution in [0.15, 0.2) is 12.1 Å². The van der Waals surface area contributed by atoms with Crippen molar-refractivity contribution in [1.29, 1.82) is 0 Å². The van der Waals surface area contributed by atoms with E-state index in [0.717, 1.165) is 30.8 Å². The molecule has 1 aliphatic heterocycles. The van der Waals surface area contributed by atoms with Crippen molar-refractivity contribution < 1.29 is 19.3 Å². The van der Waals surface area contributed by atoms with Crippen molar-refractivity contribution in [2.24, 2.45) is 11.8 Å². The summed E-state index contributed by atoms with van der Waals surface area (Å²) in [5, 5.41) is 10.9. The Hall–Kier alpha value is -1.26. The molecule has 0 saturated heterocycles. The normalized spacial score (nSPS) is 42.8. The molecule has 1 N–H and O–H groups in total. The lowest BCUT2D eigenvalue weighted by Gasteiger charge is -2.57. The van der Waals surface area contributed by atoms with Crippen LogP contribution in [0.4, 0.5) is 0 Å². The molecule has 4 heteroatoms. The van der Waals surface area contributed by atoms with Crippen molar-refractivity contribution in [1.82, 2.24) is 0 Å². The van der Waals surface area contributed by atoms with Crippen LogP contribution in [0, 0.1) is 11.8 Å². The lowest BCUT2D eigenvalue weighted by atomic mass is 9.47. The van der Waals surface area contributed by atoms with E-state index in [0.29, 0.717) is 11.8 Å². The maximum atomic E-state index is 10.9. The molecule has 0 radical (unpaired) electrons. The van der Waals surface area contributed by atoms with E-state index < -0.39 is 6.10 Å². The highest BCUT2D eigenvalue weighted by Crippen LogP contribution is 2.65. The summed E-state index contributed by atoms with van der Waals surface area (Å²) in [6.07, 6.45) is 4.80. The van der Waals surface area contributed by atoms with E-state index >= 15 is 0 Å². The summed E-state index contributed by atoms with van der Waals surface area (Å²) in [7, 11) is 3.40.